The number of carbonyl (C=O) groups excluding carboxylic acids is 1. The molecule has 2 amide bonds. The molecule has 1 aliphatic heterocycles. The number of piperazine rings is 1. The first kappa shape index (κ1) is 24.2. The van der Waals surface area contributed by atoms with Gasteiger partial charge >= 0.3 is 6.03 Å². The van der Waals surface area contributed by atoms with Gasteiger partial charge in [-0.3, -0.25) is 0 Å². The van der Waals surface area contributed by atoms with Gasteiger partial charge in [0.1, 0.15) is 17.2 Å². The van der Waals surface area contributed by atoms with E-state index in [1.54, 1.807) is 12.1 Å². The number of pyridine rings is 1. The highest BCUT2D eigenvalue weighted by atomic mass is 19.1. The van der Waals surface area contributed by atoms with Crippen molar-refractivity contribution in [3.05, 3.63) is 77.9 Å². The van der Waals surface area contributed by atoms with Gasteiger partial charge in [-0.25, -0.2) is 24.1 Å². The van der Waals surface area contributed by atoms with E-state index >= 15 is 0 Å². The maximum absolute atomic E-state index is 13.5. The summed E-state index contributed by atoms with van der Waals surface area (Å²) in [5.41, 5.74) is 4.94. The number of rotatable bonds is 6. The van der Waals surface area contributed by atoms with Crippen LogP contribution in [0.4, 0.5) is 20.7 Å². The Hall–Kier alpha value is -4.11. The molecule has 0 spiro atoms. The molecule has 9 heteroatoms. The maximum Gasteiger partial charge on any atom is 0.321 e. The third kappa shape index (κ3) is 5.43. The van der Waals surface area contributed by atoms with Crippen LogP contribution in [0, 0.1) is 12.7 Å². The van der Waals surface area contributed by atoms with Crippen LogP contribution < -0.4 is 15.5 Å². The molecule has 8 nitrogen and oxygen atoms in total. The van der Waals surface area contributed by atoms with E-state index in [1.165, 1.54) is 25.0 Å². The number of nitrogens with one attached hydrogen (secondary N) is 2. The summed E-state index contributed by atoms with van der Waals surface area (Å²) in [5.74, 6) is 1.22. The van der Waals surface area contributed by atoms with Crippen LogP contribution in [0.1, 0.15) is 24.2 Å². The number of anilines is 2. The van der Waals surface area contributed by atoms with Crippen LogP contribution >= 0.6 is 0 Å². The summed E-state index contributed by atoms with van der Waals surface area (Å²) in [4.78, 5) is 31.5. The first-order valence-electron chi connectivity index (χ1n) is 13.1. The number of aryl methyl sites for hydroxylation is 1. The predicted molar refractivity (Wildman–Crippen MR) is 147 cm³/mol. The van der Waals surface area contributed by atoms with Gasteiger partial charge in [0, 0.05) is 43.5 Å². The first-order valence-corrected chi connectivity index (χ1v) is 13.1. The van der Waals surface area contributed by atoms with Crippen LogP contribution in [0.5, 0.6) is 0 Å². The molecule has 2 aliphatic rings. The van der Waals surface area contributed by atoms with Gasteiger partial charge in [0.2, 0.25) is 0 Å². The Bertz CT molecular complexity index is 1460. The molecular formula is C29H30FN7O. The van der Waals surface area contributed by atoms with E-state index in [4.69, 9.17) is 15.0 Å². The largest absolute Gasteiger partial charge is 0.351 e. The molecule has 4 aromatic rings. The van der Waals surface area contributed by atoms with E-state index in [9.17, 15) is 9.18 Å². The van der Waals surface area contributed by atoms with Crippen LogP contribution in [0.3, 0.4) is 0 Å². The van der Waals surface area contributed by atoms with Crippen molar-refractivity contribution in [3.63, 3.8) is 0 Å². The van der Waals surface area contributed by atoms with Crippen molar-refractivity contribution in [2.45, 2.75) is 32.4 Å². The molecule has 6 rings (SSSR count). The summed E-state index contributed by atoms with van der Waals surface area (Å²) < 4.78 is 13.5. The first-order chi connectivity index (χ1) is 18.5. The number of aromatic nitrogens is 3. The predicted octanol–water partition coefficient (Wildman–Crippen LogP) is 4.75. The number of amides is 2. The zero-order chi connectivity index (χ0) is 26.1. The Balaban J connectivity index is 1.25. The number of fused-ring (bicyclic) bond motifs is 1. The number of halogens is 1. The van der Waals surface area contributed by atoms with Gasteiger partial charge in [0.25, 0.3) is 0 Å². The topological polar surface area (TPSA) is 86.3 Å². The van der Waals surface area contributed by atoms with E-state index in [0.29, 0.717) is 44.3 Å². The molecule has 2 aromatic carbocycles. The molecular weight excluding hydrogens is 481 g/mol. The normalized spacial score (nSPS) is 15.6. The minimum atomic E-state index is -0.282. The van der Waals surface area contributed by atoms with Crippen molar-refractivity contribution >= 4 is 28.6 Å². The summed E-state index contributed by atoms with van der Waals surface area (Å²) in [6.45, 7) is 5.00. The SMILES string of the molecule is Cc1cccc(NC(=O)N2CCN(c3nc(CNC4CC4)nc4ccc(-c5ccc(F)cc5)nc34)CC2)c1. The monoisotopic (exact) mass is 511 g/mol. The van der Waals surface area contributed by atoms with Crippen molar-refractivity contribution < 1.29 is 9.18 Å². The van der Waals surface area contributed by atoms with Crippen LogP contribution in [0.15, 0.2) is 60.7 Å². The zero-order valence-electron chi connectivity index (χ0n) is 21.3. The molecule has 38 heavy (non-hydrogen) atoms. The average Bonchev–Trinajstić information content (AvgIpc) is 3.76. The molecule has 0 radical (unpaired) electrons. The molecule has 2 aromatic heterocycles. The smallest absolute Gasteiger partial charge is 0.321 e. The van der Waals surface area contributed by atoms with Crippen LogP contribution in [0.2, 0.25) is 0 Å². The Morgan fingerprint density at radius 3 is 2.50 bits per heavy atom. The molecule has 0 unspecified atom stereocenters. The summed E-state index contributed by atoms with van der Waals surface area (Å²) in [7, 11) is 0. The third-order valence-electron chi connectivity index (χ3n) is 6.97. The van der Waals surface area contributed by atoms with E-state index < -0.39 is 0 Å². The Kier molecular flexibility index (Phi) is 6.59. The fourth-order valence-electron chi connectivity index (χ4n) is 4.70. The van der Waals surface area contributed by atoms with Gasteiger partial charge in [-0.1, -0.05) is 12.1 Å². The summed E-state index contributed by atoms with van der Waals surface area (Å²) in [6, 6.07) is 18.4. The molecule has 3 heterocycles. The molecule has 0 bridgehead atoms. The molecule has 2 fully saturated rings. The van der Waals surface area contributed by atoms with Gasteiger partial charge in [-0.2, -0.15) is 0 Å². The summed E-state index contributed by atoms with van der Waals surface area (Å²) in [5, 5.41) is 6.50. The highest BCUT2D eigenvalue weighted by Crippen LogP contribution is 2.28. The Morgan fingerprint density at radius 2 is 1.76 bits per heavy atom. The van der Waals surface area contributed by atoms with Gasteiger partial charge in [-0.15, -0.1) is 0 Å². The van der Waals surface area contributed by atoms with E-state index in [1.807, 2.05) is 48.2 Å². The van der Waals surface area contributed by atoms with Crippen molar-refractivity contribution in [1.82, 2.24) is 25.2 Å². The molecule has 1 saturated heterocycles. The molecule has 194 valence electrons. The van der Waals surface area contributed by atoms with Crippen LogP contribution in [0.25, 0.3) is 22.3 Å². The van der Waals surface area contributed by atoms with Gasteiger partial charge < -0.3 is 20.4 Å². The number of hydrogen-bond acceptors (Lipinski definition) is 6. The molecule has 1 saturated carbocycles. The minimum absolute atomic E-state index is 0.103. The maximum atomic E-state index is 13.5. The van der Waals surface area contributed by atoms with E-state index in [0.717, 1.165) is 39.7 Å². The van der Waals surface area contributed by atoms with Gasteiger partial charge in [-0.05, 0) is 73.9 Å². The second kappa shape index (κ2) is 10.3. The number of hydrogen-bond donors (Lipinski definition) is 2. The number of carbonyl (C=O) groups is 1. The quantitative estimate of drug-likeness (QED) is 0.389. The van der Waals surface area contributed by atoms with Crippen molar-refractivity contribution in [2.75, 3.05) is 36.4 Å². The fourth-order valence-corrected chi connectivity index (χ4v) is 4.70. The van der Waals surface area contributed by atoms with Crippen LogP contribution in [-0.2, 0) is 6.54 Å². The molecule has 0 atom stereocenters. The lowest BCUT2D eigenvalue weighted by Crippen LogP contribution is -2.50. The van der Waals surface area contributed by atoms with Crippen molar-refractivity contribution in [1.29, 1.82) is 0 Å². The highest BCUT2D eigenvalue weighted by molar-refractivity contribution is 5.90. The standard InChI is InChI=1S/C29H30FN7O/c1-19-3-2-4-23(17-19)32-29(38)37-15-13-36(14-16-37)28-27-25(33-26(35-28)18-31-22-9-10-22)12-11-24(34-27)20-5-7-21(30)8-6-20/h2-8,11-12,17,22,31H,9-10,13-16,18H2,1H3,(H,32,38). The fraction of sp³-hybridized carbons (Fsp3) is 0.310. The summed E-state index contributed by atoms with van der Waals surface area (Å²) >= 11 is 0. The molecule has 2 N–H and O–H groups in total. The zero-order valence-corrected chi connectivity index (χ0v) is 21.3. The lowest BCUT2D eigenvalue weighted by Gasteiger charge is -2.35. The van der Waals surface area contributed by atoms with E-state index in [2.05, 4.69) is 15.5 Å². The van der Waals surface area contributed by atoms with Gasteiger partial charge in [0.05, 0.1) is 17.8 Å². The average molecular weight is 512 g/mol. The minimum Gasteiger partial charge on any atom is -0.351 e. The molecule has 1 aliphatic carbocycles. The second-order valence-corrected chi connectivity index (χ2v) is 9.96. The number of urea groups is 1. The van der Waals surface area contributed by atoms with Crippen molar-refractivity contribution in [2.24, 2.45) is 0 Å². The van der Waals surface area contributed by atoms with E-state index in [-0.39, 0.29) is 11.8 Å². The lowest BCUT2D eigenvalue weighted by molar-refractivity contribution is 0.208. The van der Waals surface area contributed by atoms with Crippen LogP contribution in [-0.4, -0.2) is 58.1 Å². The highest BCUT2D eigenvalue weighted by Gasteiger charge is 2.26. The summed E-state index contributed by atoms with van der Waals surface area (Å²) in [6.07, 6.45) is 2.38. The van der Waals surface area contributed by atoms with Gasteiger partial charge in [0.15, 0.2) is 5.82 Å². The Labute approximate surface area is 220 Å². The lowest BCUT2D eigenvalue weighted by atomic mass is 10.1. The number of benzene rings is 2. The number of nitrogens with zero attached hydrogens (tertiary/aromatic N) is 5. The second-order valence-electron chi connectivity index (χ2n) is 9.96. The third-order valence-corrected chi connectivity index (χ3v) is 6.97. The Morgan fingerprint density at radius 1 is 0.974 bits per heavy atom. The van der Waals surface area contributed by atoms with Crippen molar-refractivity contribution in [3.8, 4) is 11.3 Å².